The van der Waals surface area contributed by atoms with Crippen molar-refractivity contribution in [3.8, 4) is 0 Å². The molecule has 0 aliphatic rings. The number of benzene rings is 1. The van der Waals surface area contributed by atoms with Crippen LogP contribution in [0.4, 0.5) is 0 Å². The molecule has 0 N–H and O–H groups in total. The van der Waals surface area contributed by atoms with Crippen LogP contribution in [0.25, 0.3) is 0 Å². The van der Waals surface area contributed by atoms with Gasteiger partial charge in [-0.05, 0) is 44.5 Å². The van der Waals surface area contributed by atoms with Crippen molar-refractivity contribution >= 4 is 21.9 Å². The largest absolute Gasteiger partial charge is 0.459 e. The van der Waals surface area contributed by atoms with Crippen LogP contribution in [0.15, 0.2) is 22.7 Å². The molecule has 0 saturated carbocycles. The first-order valence-corrected chi connectivity index (χ1v) is 5.27. The zero-order valence-corrected chi connectivity index (χ0v) is 10.1. The van der Waals surface area contributed by atoms with Gasteiger partial charge in [0.05, 0.1) is 11.7 Å². The van der Waals surface area contributed by atoms with Crippen molar-refractivity contribution in [1.82, 2.24) is 0 Å². The van der Waals surface area contributed by atoms with Crippen molar-refractivity contribution in [2.75, 3.05) is 0 Å². The van der Waals surface area contributed by atoms with Gasteiger partial charge in [0.1, 0.15) is 0 Å². The highest BCUT2D eigenvalue weighted by Gasteiger charge is 2.11. The third-order valence-corrected chi connectivity index (χ3v) is 2.24. The summed E-state index contributed by atoms with van der Waals surface area (Å²) < 4.78 is 6.07. The van der Waals surface area contributed by atoms with Crippen LogP contribution in [0.3, 0.4) is 0 Å². The zero-order valence-electron chi connectivity index (χ0n) is 8.50. The summed E-state index contributed by atoms with van der Waals surface area (Å²) in [6.45, 7) is 5.57. The molecule has 3 heteroatoms. The average molecular weight is 257 g/mol. The summed E-state index contributed by atoms with van der Waals surface area (Å²) in [5, 5.41) is 0. The van der Waals surface area contributed by atoms with E-state index in [4.69, 9.17) is 4.74 Å². The fourth-order valence-corrected chi connectivity index (χ4v) is 1.61. The highest BCUT2D eigenvalue weighted by Crippen LogP contribution is 2.16. The number of carbonyl (C=O) groups is 1. The van der Waals surface area contributed by atoms with E-state index in [0.717, 1.165) is 10.0 Å². The lowest BCUT2D eigenvalue weighted by Gasteiger charge is -2.09. The van der Waals surface area contributed by atoms with E-state index in [2.05, 4.69) is 15.9 Å². The molecule has 76 valence electrons. The number of hydrogen-bond donors (Lipinski definition) is 0. The summed E-state index contributed by atoms with van der Waals surface area (Å²) in [5.74, 6) is -0.259. The van der Waals surface area contributed by atoms with Gasteiger partial charge in [-0.1, -0.05) is 15.9 Å². The molecule has 1 aromatic rings. The highest BCUT2D eigenvalue weighted by molar-refractivity contribution is 9.10. The van der Waals surface area contributed by atoms with Crippen molar-refractivity contribution in [1.29, 1.82) is 0 Å². The van der Waals surface area contributed by atoms with E-state index in [1.165, 1.54) is 0 Å². The maximum atomic E-state index is 11.5. The van der Waals surface area contributed by atoms with Crippen molar-refractivity contribution in [2.45, 2.75) is 26.9 Å². The van der Waals surface area contributed by atoms with Gasteiger partial charge in [0.25, 0.3) is 0 Å². The Morgan fingerprint density at radius 2 is 2.07 bits per heavy atom. The number of rotatable bonds is 2. The number of esters is 1. The fourth-order valence-electron chi connectivity index (χ4n) is 1.13. The van der Waals surface area contributed by atoms with Crippen LogP contribution in [0.5, 0.6) is 0 Å². The standard InChI is InChI=1S/C11H13BrO2/c1-7(2)14-11(13)10-5-4-9(12)6-8(10)3/h4-7H,1-3H3. The first-order valence-electron chi connectivity index (χ1n) is 4.48. The Kier molecular flexibility index (Phi) is 3.69. The summed E-state index contributed by atoms with van der Waals surface area (Å²) in [6, 6.07) is 5.50. The summed E-state index contributed by atoms with van der Waals surface area (Å²) >= 11 is 3.34. The molecular formula is C11H13BrO2. The van der Waals surface area contributed by atoms with Gasteiger partial charge in [-0.15, -0.1) is 0 Å². The second-order valence-electron chi connectivity index (χ2n) is 3.41. The summed E-state index contributed by atoms with van der Waals surface area (Å²) in [7, 11) is 0. The molecule has 0 aromatic heterocycles. The summed E-state index contributed by atoms with van der Waals surface area (Å²) in [6.07, 6.45) is -0.0782. The second kappa shape index (κ2) is 4.60. The normalized spacial score (nSPS) is 10.4. The van der Waals surface area contributed by atoms with Crippen molar-refractivity contribution in [3.63, 3.8) is 0 Å². The van der Waals surface area contributed by atoms with Crippen LogP contribution in [-0.2, 0) is 4.74 Å². The molecule has 1 aromatic carbocycles. The van der Waals surface area contributed by atoms with Crippen LogP contribution in [-0.4, -0.2) is 12.1 Å². The lowest BCUT2D eigenvalue weighted by Crippen LogP contribution is -2.12. The number of aryl methyl sites for hydroxylation is 1. The first-order chi connectivity index (χ1) is 6.50. The third kappa shape index (κ3) is 2.84. The SMILES string of the molecule is Cc1cc(Br)ccc1C(=O)OC(C)C. The van der Waals surface area contributed by atoms with Gasteiger partial charge in [0.2, 0.25) is 0 Å². The van der Waals surface area contributed by atoms with Crippen LogP contribution in [0.1, 0.15) is 29.8 Å². The monoisotopic (exact) mass is 256 g/mol. The molecule has 0 aliphatic heterocycles. The minimum atomic E-state index is -0.259. The Labute approximate surface area is 92.4 Å². The molecular weight excluding hydrogens is 244 g/mol. The quantitative estimate of drug-likeness (QED) is 0.759. The highest BCUT2D eigenvalue weighted by atomic mass is 79.9. The molecule has 0 atom stereocenters. The predicted octanol–water partition coefficient (Wildman–Crippen LogP) is 3.32. The third-order valence-electron chi connectivity index (χ3n) is 1.75. The minimum Gasteiger partial charge on any atom is -0.459 e. The van der Waals surface area contributed by atoms with Crippen molar-refractivity contribution in [2.24, 2.45) is 0 Å². The molecule has 1 rings (SSSR count). The molecule has 0 heterocycles. The number of carbonyl (C=O) groups excluding carboxylic acids is 1. The van der Waals surface area contributed by atoms with Crippen LogP contribution < -0.4 is 0 Å². The van der Waals surface area contributed by atoms with Crippen molar-refractivity contribution < 1.29 is 9.53 Å². The molecule has 0 saturated heterocycles. The predicted molar refractivity (Wildman–Crippen MR) is 59.4 cm³/mol. The molecule has 0 fully saturated rings. The Hall–Kier alpha value is -0.830. The smallest absolute Gasteiger partial charge is 0.338 e. The Bertz CT molecular complexity index is 345. The van der Waals surface area contributed by atoms with Crippen LogP contribution in [0, 0.1) is 6.92 Å². The molecule has 0 amide bonds. The van der Waals surface area contributed by atoms with E-state index in [0.29, 0.717) is 5.56 Å². The Morgan fingerprint density at radius 3 is 2.57 bits per heavy atom. The first kappa shape index (κ1) is 11.2. The van der Waals surface area contributed by atoms with E-state index in [1.807, 2.05) is 32.9 Å². The Morgan fingerprint density at radius 1 is 1.43 bits per heavy atom. The van der Waals surface area contributed by atoms with E-state index in [1.54, 1.807) is 6.07 Å². The van der Waals surface area contributed by atoms with Gasteiger partial charge < -0.3 is 4.74 Å². The van der Waals surface area contributed by atoms with E-state index in [-0.39, 0.29) is 12.1 Å². The van der Waals surface area contributed by atoms with Gasteiger partial charge >= 0.3 is 5.97 Å². The maximum absolute atomic E-state index is 11.5. The lowest BCUT2D eigenvalue weighted by molar-refractivity contribution is 0.0377. The van der Waals surface area contributed by atoms with Gasteiger partial charge in [-0.3, -0.25) is 0 Å². The lowest BCUT2D eigenvalue weighted by atomic mass is 10.1. The van der Waals surface area contributed by atoms with Crippen LogP contribution in [0.2, 0.25) is 0 Å². The molecule has 0 unspecified atom stereocenters. The van der Waals surface area contributed by atoms with Gasteiger partial charge in [-0.2, -0.15) is 0 Å². The van der Waals surface area contributed by atoms with E-state index in [9.17, 15) is 4.79 Å². The summed E-state index contributed by atoms with van der Waals surface area (Å²) in [4.78, 5) is 11.5. The molecule has 14 heavy (non-hydrogen) atoms. The van der Waals surface area contributed by atoms with Crippen molar-refractivity contribution in [3.05, 3.63) is 33.8 Å². The van der Waals surface area contributed by atoms with Gasteiger partial charge in [0, 0.05) is 4.47 Å². The fraction of sp³-hybridized carbons (Fsp3) is 0.364. The molecule has 0 spiro atoms. The van der Waals surface area contributed by atoms with E-state index >= 15 is 0 Å². The number of ether oxygens (including phenoxy) is 1. The topological polar surface area (TPSA) is 26.3 Å². The summed E-state index contributed by atoms with van der Waals surface area (Å²) in [5.41, 5.74) is 1.55. The van der Waals surface area contributed by atoms with Gasteiger partial charge in [0.15, 0.2) is 0 Å². The van der Waals surface area contributed by atoms with E-state index < -0.39 is 0 Å². The Balaban J connectivity index is 2.90. The second-order valence-corrected chi connectivity index (χ2v) is 4.33. The van der Waals surface area contributed by atoms with Crippen LogP contribution >= 0.6 is 15.9 Å². The molecule has 0 aliphatic carbocycles. The molecule has 2 nitrogen and oxygen atoms in total. The molecule has 0 bridgehead atoms. The zero-order chi connectivity index (χ0) is 10.7. The minimum absolute atomic E-state index is 0.0782. The number of halogens is 1. The number of hydrogen-bond acceptors (Lipinski definition) is 2. The van der Waals surface area contributed by atoms with Gasteiger partial charge in [-0.25, -0.2) is 4.79 Å². The molecule has 0 radical (unpaired) electrons. The average Bonchev–Trinajstić information content (AvgIpc) is 2.01. The maximum Gasteiger partial charge on any atom is 0.338 e.